The summed E-state index contributed by atoms with van der Waals surface area (Å²) in [4.78, 5) is 11.5. The van der Waals surface area contributed by atoms with E-state index >= 15 is 0 Å². The number of halogens is 1. The van der Waals surface area contributed by atoms with Gasteiger partial charge in [-0.3, -0.25) is 0 Å². The Bertz CT molecular complexity index is 827. The van der Waals surface area contributed by atoms with Crippen LogP contribution in [-0.2, 0) is 16.1 Å². The van der Waals surface area contributed by atoms with Gasteiger partial charge in [0.15, 0.2) is 6.10 Å². The van der Waals surface area contributed by atoms with Gasteiger partial charge in [0.2, 0.25) is 0 Å². The first-order chi connectivity index (χ1) is 12.1. The quantitative estimate of drug-likeness (QED) is 0.650. The van der Waals surface area contributed by atoms with Gasteiger partial charge in [-0.05, 0) is 34.4 Å². The second-order valence-electron chi connectivity index (χ2n) is 5.64. The lowest BCUT2D eigenvalue weighted by Gasteiger charge is -2.14. The summed E-state index contributed by atoms with van der Waals surface area (Å²) in [5, 5.41) is 10.1. The molecule has 0 saturated heterocycles. The van der Waals surface area contributed by atoms with E-state index < -0.39 is 12.1 Å². The Balaban J connectivity index is 1.68. The van der Waals surface area contributed by atoms with Crippen LogP contribution in [0.2, 0.25) is 5.02 Å². The van der Waals surface area contributed by atoms with E-state index in [4.69, 9.17) is 16.3 Å². The van der Waals surface area contributed by atoms with Crippen molar-refractivity contribution in [3.8, 4) is 11.1 Å². The Morgan fingerprint density at radius 1 is 0.880 bits per heavy atom. The smallest absolute Gasteiger partial charge is 0.337 e. The van der Waals surface area contributed by atoms with Crippen LogP contribution in [0.4, 0.5) is 0 Å². The van der Waals surface area contributed by atoms with Crippen LogP contribution >= 0.6 is 11.6 Å². The van der Waals surface area contributed by atoms with Crippen molar-refractivity contribution in [3.63, 3.8) is 0 Å². The van der Waals surface area contributed by atoms with Crippen molar-refractivity contribution in [1.82, 2.24) is 0 Å². The van der Waals surface area contributed by atoms with Crippen molar-refractivity contribution in [2.75, 3.05) is 0 Å². The van der Waals surface area contributed by atoms with Crippen molar-refractivity contribution in [3.05, 3.63) is 95.0 Å². The first-order valence-electron chi connectivity index (χ1n) is 7.88. The second kappa shape index (κ2) is 7.97. The van der Waals surface area contributed by atoms with Crippen molar-refractivity contribution in [2.45, 2.75) is 12.7 Å². The van der Waals surface area contributed by atoms with E-state index in [1.807, 2.05) is 54.6 Å². The van der Waals surface area contributed by atoms with Crippen LogP contribution in [0.1, 0.15) is 17.2 Å². The van der Waals surface area contributed by atoms with Crippen LogP contribution in [-0.4, -0.2) is 11.1 Å². The number of rotatable bonds is 6. The summed E-state index contributed by atoms with van der Waals surface area (Å²) >= 11 is 5.91. The molecule has 126 valence electrons. The molecule has 0 saturated carbocycles. The Labute approximate surface area is 151 Å². The van der Waals surface area contributed by atoms with Crippen molar-refractivity contribution >= 4 is 17.6 Å². The maximum atomic E-state index is 11.5. The number of carboxylic acid groups (broad SMARTS) is 1. The molecule has 0 aliphatic rings. The molecule has 0 fully saturated rings. The highest BCUT2D eigenvalue weighted by Gasteiger charge is 2.20. The number of aliphatic carboxylic acids is 1. The molecule has 0 radical (unpaired) electrons. The molecule has 1 unspecified atom stereocenters. The lowest BCUT2D eigenvalue weighted by Crippen LogP contribution is -2.15. The predicted molar refractivity (Wildman–Crippen MR) is 98.5 cm³/mol. The SMILES string of the molecule is O=C(O)C(OCc1ccc(-c2ccc(Cl)cc2)cc1)c1ccccc1. The van der Waals surface area contributed by atoms with Gasteiger partial charge in [0, 0.05) is 5.02 Å². The summed E-state index contributed by atoms with van der Waals surface area (Å²) in [6, 6.07) is 24.4. The van der Waals surface area contributed by atoms with E-state index in [1.165, 1.54) is 0 Å². The molecule has 0 spiro atoms. The topological polar surface area (TPSA) is 46.5 Å². The Morgan fingerprint density at radius 3 is 2.00 bits per heavy atom. The van der Waals surface area contributed by atoms with E-state index in [0.29, 0.717) is 10.6 Å². The molecule has 3 aromatic rings. The standard InChI is InChI=1S/C21H17ClO3/c22-19-12-10-17(11-13-19)16-8-6-15(7-9-16)14-25-20(21(23)24)18-4-2-1-3-5-18/h1-13,20H,14H2,(H,23,24). The monoisotopic (exact) mass is 352 g/mol. The molecule has 0 amide bonds. The van der Waals surface area contributed by atoms with Gasteiger partial charge in [-0.25, -0.2) is 4.79 Å². The Hall–Kier alpha value is -2.62. The fourth-order valence-electron chi connectivity index (χ4n) is 2.55. The molecule has 0 aliphatic heterocycles. The molecular formula is C21H17ClO3. The lowest BCUT2D eigenvalue weighted by atomic mass is 10.0. The minimum absolute atomic E-state index is 0.229. The van der Waals surface area contributed by atoms with Gasteiger partial charge < -0.3 is 9.84 Å². The minimum Gasteiger partial charge on any atom is -0.479 e. The highest BCUT2D eigenvalue weighted by Crippen LogP contribution is 2.23. The average Bonchev–Trinajstić information content (AvgIpc) is 2.64. The number of benzene rings is 3. The van der Waals surface area contributed by atoms with E-state index in [2.05, 4.69) is 0 Å². The van der Waals surface area contributed by atoms with E-state index in [0.717, 1.165) is 16.7 Å². The molecule has 0 bridgehead atoms. The Morgan fingerprint density at radius 2 is 1.44 bits per heavy atom. The van der Waals surface area contributed by atoms with E-state index in [9.17, 15) is 9.90 Å². The number of ether oxygens (including phenoxy) is 1. The normalized spacial score (nSPS) is 11.9. The summed E-state index contributed by atoms with van der Waals surface area (Å²) < 4.78 is 5.62. The number of carbonyl (C=O) groups is 1. The summed E-state index contributed by atoms with van der Waals surface area (Å²) in [7, 11) is 0. The van der Waals surface area contributed by atoms with Gasteiger partial charge in [-0.2, -0.15) is 0 Å². The van der Waals surface area contributed by atoms with Crippen molar-refractivity contribution in [1.29, 1.82) is 0 Å². The molecule has 3 rings (SSSR count). The van der Waals surface area contributed by atoms with Crippen LogP contribution in [0.25, 0.3) is 11.1 Å². The van der Waals surface area contributed by atoms with Crippen LogP contribution in [0.3, 0.4) is 0 Å². The zero-order chi connectivity index (χ0) is 17.6. The average molecular weight is 353 g/mol. The van der Waals surface area contributed by atoms with E-state index in [-0.39, 0.29) is 6.61 Å². The van der Waals surface area contributed by atoms with Gasteiger partial charge >= 0.3 is 5.97 Å². The van der Waals surface area contributed by atoms with Gasteiger partial charge in [0.25, 0.3) is 0 Å². The second-order valence-corrected chi connectivity index (χ2v) is 6.08. The van der Waals surface area contributed by atoms with Crippen molar-refractivity contribution in [2.24, 2.45) is 0 Å². The van der Waals surface area contributed by atoms with Crippen LogP contribution < -0.4 is 0 Å². The molecule has 1 N–H and O–H groups in total. The molecule has 3 aromatic carbocycles. The zero-order valence-corrected chi connectivity index (χ0v) is 14.2. The number of hydrogen-bond acceptors (Lipinski definition) is 2. The molecule has 4 heteroatoms. The van der Waals surface area contributed by atoms with Crippen molar-refractivity contribution < 1.29 is 14.6 Å². The maximum absolute atomic E-state index is 11.5. The number of carboxylic acids is 1. The van der Waals surface area contributed by atoms with Gasteiger partial charge in [-0.15, -0.1) is 0 Å². The molecular weight excluding hydrogens is 336 g/mol. The molecule has 0 heterocycles. The van der Waals surface area contributed by atoms with Crippen LogP contribution in [0, 0.1) is 0 Å². The Kier molecular flexibility index (Phi) is 5.49. The largest absolute Gasteiger partial charge is 0.479 e. The number of hydrogen-bond donors (Lipinski definition) is 1. The highest BCUT2D eigenvalue weighted by molar-refractivity contribution is 6.30. The van der Waals surface area contributed by atoms with Crippen LogP contribution in [0.15, 0.2) is 78.9 Å². The summed E-state index contributed by atoms with van der Waals surface area (Å²) in [5.41, 5.74) is 3.69. The summed E-state index contributed by atoms with van der Waals surface area (Å²) in [6.45, 7) is 0.229. The molecule has 3 nitrogen and oxygen atoms in total. The zero-order valence-electron chi connectivity index (χ0n) is 13.4. The summed E-state index contributed by atoms with van der Waals surface area (Å²) in [5.74, 6) is -0.996. The third-order valence-electron chi connectivity index (χ3n) is 3.87. The first-order valence-corrected chi connectivity index (χ1v) is 8.25. The van der Waals surface area contributed by atoms with Gasteiger partial charge in [-0.1, -0.05) is 78.3 Å². The molecule has 0 aromatic heterocycles. The third-order valence-corrected chi connectivity index (χ3v) is 4.13. The van der Waals surface area contributed by atoms with E-state index in [1.54, 1.807) is 24.3 Å². The van der Waals surface area contributed by atoms with Crippen LogP contribution in [0.5, 0.6) is 0 Å². The van der Waals surface area contributed by atoms with Gasteiger partial charge in [0.05, 0.1) is 6.61 Å². The molecule has 25 heavy (non-hydrogen) atoms. The minimum atomic E-state index is -0.996. The lowest BCUT2D eigenvalue weighted by molar-refractivity contribution is -0.151. The van der Waals surface area contributed by atoms with Gasteiger partial charge in [0.1, 0.15) is 0 Å². The third kappa shape index (κ3) is 4.47. The fraction of sp³-hybridized carbons (Fsp3) is 0.0952. The fourth-order valence-corrected chi connectivity index (χ4v) is 2.68. The maximum Gasteiger partial charge on any atom is 0.337 e. The molecule has 1 atom stereocenters. The summed E-state index contributed by atoms with van der Waals surface area (Å²) in [6.07, 6.45) is -0.975. The molecule has 0 aliphatic carbocycles. The predicted octanol–water partition coefficient (Wildman–Crippen LogP) is 5.35. The first kappa shape index (κ1) is 17.2. The highest BCUT2D eigenvalue weighted by atomic mass is 35.5.